The number of H-pyrrole nitrogens is 1. The number of hydrogen-bond donors (Lipinski definition) is 4. The lowest BCUT2D eigenvalue weighted by molar-refractivity contribution is -0.124. The Kier molecular flexibility index (Phi) is 4.42. The lowest BCUT2D eigenvalue weighted by Crippen LogP contribution is -2.29. The number of para-hydroxylation sites is 1. The van der Waals surface area contributed by atoms with Crippen LogP contribution in [-0.4, -0.2) is 21.1 Å². The van der Waals surface area contributed by atoms with Crippen molar-refractivity contribution in [3.05, 3.63) is 59.8 Å². The van der Waals surface area contributed by atoms with Gasteiger partial charge in [-0.05, 0) is 35.7 Å². The average molecular weight is 324 g/mol. The topological polar surface area (TPSA) is 85.4 Å². The Morgan fingerprint density at radius 2 is 1.96 bits per heavy atom. The van der Waals surface area contributed by atoms with E-state index >= 15 is 0 Å². The number of phenolic OH excluding ortho intramolecular Hbond substituents is 2. The van der Waals surface area contributed by atoms with Crippen LogP contribution in [0, 0.1) is 5.92 Å². The van der Waals surface area contributed by atoms with Gasteiger partial charge in [0.2, 0.25) is 5.91 Å². The molecule has 1 aromatic heterocycles. The molecule has 0 aliphatic rings. The van der Waals surface area contributed by atoms with Gasteiger partial charge in [0.15, 0.2) is 11.5 Å². The molecule has 24 heavy (non-hydrogen) atoms. The Morgan fingerprint density at radius 1 is 1.17 bits per heavy atom. The number of carbonyl (C=O) groups excluding carboxylic acids is 1. The molecule has 5 nitrogen and oxygen atoms in total. The number of amides is 1. The number of aromatic amines is 1. The maximum absolute atomic E-state index is 12.3. The summed E-state index contributed by atoms with van der Waals surface area (Å²) in [4.78, 5) is 15.5. The highest BCUT2D eigenvalue weighted by atomic mass is 16.3. The van der Waals surface area contributed by atoms with E-state index in [1.807, 2.05) is 37.4 Å². The van der Waals surface area contributed by atoms with Gasteiger partial charge in [-0.2, -0.15) is 0 Å². The normalized spacial score (nSPS) is 12.2. The Morgan fingerprint density at radius 3 is 2.75 bits per heavy atom. The molecular weight excluding hydrogens is 304 g/mol. The van der Waals surface area contributed by atoms with Crippen molar-refractivity contribution in [3.8, 4) is 11.5 Å². The van der Waals surface area contributed by atoms with Crippen LogP contribution in [0.4, 0.5) is 0 Å². The van der Waals surface area contributed by atoms with Gasteiger partial charge in [0.1, 0.15) is 0 Å². The third-order valence-corrected chi connectivity index (χ3v) is 4.16. The number of rotatable bonds is 5. The van der Waals surface area contributed by atoms with Crippen LogP contribution in [0.1, 0.15) is 18.1 Å². The number of benzene rings is 2. The third-order valence-electron chi connectivity index (χ3n) is 4.16. The molecule has 1 unspecified atom stereocenters. The molecule has 1 amide bonds. The summed E-state index contributed by atoms with van der Waals surface area (Å²) in [6.07, 6.45) is 2.60. The zero-order chi connectivity index (χ0) is 17.1. The molecule has 2 aromatic carbocycles. The van der Waals surface area contributed by atoms with Gasteiger partial charge in [0, 0.05) is 29.6 Å². The van der Waals surface area contributed by atoms with Gasteiger partial charge in [0.25, 0.3) is 0 Å². The predicted octanol–water partition coefficient (Wildman–Crippen LogP) is 3.07. The average Bonchev–Trinajstić information content (AvgIpc) is 2.99. The van der Waals surface area contributed by atoms with Crippen molar-refractivity contribution in [2.45, 2.75) is 19.9 Å². The molecule has 124 valence electrons. The summed E-state index contributed by atoms with van der Waals surface area (Å²) in [7, 11) is 0. The van der Waals surface area contributed by atoms with E-state index in [0.717, 1.165) is 22.0 Å². The van der Waals surface area contributed by atoms with Gasteiger partial charge >= 0.3 is 0 Å². The third kappa shape index (κ3) is 3.35. The van der Waals surface area contributed by atoms with Crippen molar-refractivity contribution < 1.29 is 15.0 Å². The molecule has 5 heteroatoms. The van der Waals surface area contributed by atoms with Gasteiger partial charge < -0.3 is 20.5 Å². The van der Waals surface area contributed by atoms with Crippen LogP contribution in [-0.2, 0) is 17.8 Å². The first-order valence-electron chi connectivity index (χ1n) is 7.88. The molecule has 4 N–H and O–H groups in total. The van der Waals surface area contributed by atoms with Crippen LogP contribution in [0.25, 0.3) is 10.9 Å². The van der Waals surface area contributed by atoms with E-state index in [0.29, 0.717) is 13.0 Å². The molecule has 0 radical (unpaired) electrons. The molecule has 0 aliphatic carbocycles. The minimum absolute atomic E-state index is 0.0483. The number of aromatic nitrogens is 1. The van der Waals surface area contributed by atoms with Gasteiger partial charge in [-0.3, -0.25) is 4.79 Å². The number of phenols is 2. The Bertz CT molecular complexity index is 870. The van der Waals surface area contributed by atoms with Crippen molar-refractivity contribution in [1.29, 1.82) is 0 Å². The first-order chi connectivity index (χ1) is 11.5. The fourth-order valence-corrected chi connectivity index (χ4v) is 2.77. The van der Waals surface area contributed by atoms with E-state index in [4.69, 9.17) is 0 Å². The Hall–Kier alpha value is -2.95. The second-order valence-electron chi connectivity index (χ2n) is 6.01. The Balaban J connectivity index is 1.61. The number of fused-ring (bicyclic) bond motifs is 1. The van der Waals surface area contributed by atoms with Crippen LogP contribution in [0.3, 0.4) is 0 Å². The minimum atomic E-state index is -0.186. The monoisotopic (exact) mass is 324 g/mol. The van der Waals surface area contributed by atoms with Crippen LogP contribution in [0.15, 0.2) is 48.7 Å². The van der Waals surface area contributed by atoms with Crippen molar-refractivity contribution >= 4 is 16.8 Å². The highest BCUT2D eigenvalue weighted by molar-refractivity contribution is 5.84. The second kappa shape index (κ2) is 6.66. The molecule has 0 fully saturated rings. The van der Waals surface area contributed by atoms with Gasteiger partial charge in [0.05, 0.1) is 0 Å². The number of aromatic hydroxyl groups is 2. The van der Waals surface area contributed by atoms with E-state index in [1.54, 1.807) is 6.07 Å². The summed E-state index contributed by atoms with van der Waals surface area (Å²) in [5, 5.41) is 22.8. The Labute approximate surface area is 140 Å². The van der Waals surface area contributed by atoms with Crippen LogP contribution < -0.4 is 5.32 Å². The van der Waals surface area contributed by atoms with E-state index in [-0.39, 0.29) is 23.3 Å². The fraction of sp³-hybridized carbons (Fsp3) is 0.211. The van der Waals surface area contributed by atoms with Crippen molar-refractivity contribution in [2.75, 3.05) is 0 Å². The highest BCUT2D eigenvalue weighted by Gasteiger charge is 2.15. The van der Waals surface area contributed by atoms with Gasteiger partial charge in [-0.25, -0.2) is 0 Å². The number of carbonyl (C=O) groups is 1. The largest absolute Gasteiger partial charge is 0.504 e. The molecule has 3 aromatic rings. The number of nitrogens with one attached hydrogen (secondary N) is 2. The van der Waals surface area contributed by atoms with Crippen molar-refractivity contribution in [1.82, 2.24) is 10.3 Å². The first-order valence-corrected chi connectivity index (χ1v) is 7.88. The van der Waals surface area contributed by atoms with Crippen LogP contribution >= 0.6 is 0 Å². The molecule has 0 bridgehead atoms. The highest BCUT2D eigenvalue weighted by Crippen LogP contribution is 2.25. The SMILES string of the molecule is CC(Cc1c[nH]c2ccccc12)C(=O)NCc1ccc(O)c(O)c1. The molecule has 0 saturated heterocycles. The molecule has 0 saturated carbocycles. The minimum Gasteiger partial charge on any atom is -0.504 e. The summed E-state index contributed by atoms with van der Waals surface area (Å²) < 4.78 is 0. The van der Waals surface area contributed by atoms with Gasteiger partial charge in [-0.1, -0.05) is 31.2 Å². The molecule has 0 spiro atoms. The summed E-state index contributed by atoms with van der Waals surface area (Å²) in [5.41, 5.74) is 2.92. The molecule has 1 atom stereocenters. The lowest BCUT2D eigenvalue weighted by atomic mass is 10.00. The van der Waals surface area contributed by atoms with E-state index in [1.165, 1.54) is 12.1 Å². The number of hydrogen-bond acceptors (Lipinski definition) is 3. The van der Waals surface area contributed by atoms with E-state index in [2.05, 4.69) is 10.3 Å². The molecule has 0 aliphatic heterocycles. The summed E-state index contributed by atoms with van der Waals surface area (Å²) in [6, 6.07) is 12.5. The smallest absolute Gasteiger partial charge is 0.223 e. The second-order valence-corrected chi connectivity index (χ2v) is 6.01. The summed E-state index contributed by atoms with van der Waals surface area (Å²) >= 11 is 0. The maximum atomic E-state index is 12.3. The standard InChI is InChI=1S/C19H20N2O3/c1-12(8-14-11-20-16-5-3-2-4-15(14)16)19(24)21-10-13-6-7-17(22)18(23)9-13/h2-7,9,11-12,20,22-23H,8,10H2,1H3,(H,21,24). The van der Waals surface area contributed by atoms with Crippen LogP contribution in [0.2, 0.25) is 0 Å². The van der Waals surface area contributed by atoms with Crippen LogP contribution in [0.5, 0.6) is 11.5 Å². The quantitative estimate of drug-likeness (QED) is 0.544. The lowest BCUT2D eigenvalue weighted by Gasteiger charge is -2.12. The molecule has 3 rings (SSSR count). The molecule has 1 heterocycles. The first kappa shape index (κ1) is 15.9. The fourth-order valence-electron chi connectivity index (χ4n) is 2.77. The summed E-state index contributed by atoms with van der Waals surface area (Å²) in [6.45, 7) is 2.20. The van der Waals surface area contributed by atoms with Gasteiger partial charge in [-0.15, -0.1) is 0 Å². The summed E-state index contributed by atoms with van der Waals surface area (Å²) in [5.74, 6) is -0.575. The zero-order valence-corrected chi connectivity index (χ0v) is 13.4. The molecular formula is C19H20N2O3. The van der Waals surface area contributed by atoms with E-state index < -0.39 is 0 Å². The zero-order valence-electron chi connectivity index (χ0n) is 13.4. The maximum Gasteiger partial charge on any atom is 0.223 e. The van der Waals surface area contributed by atoms with Crippen molar-refractivity contribution in [3.63, 3.8) is 0 Å². The van der Waals surface area contributed by atoms with Crippen molar-refractivity contribution in [2.24, 2.45) is 5.92 Å². The predicted molar refractivity (Wildman–Crippen MR) is 92.8 cm³/mol. The van der Waals surface area contributed by atoms with E-state index in [9.17, 15) is 15.0 Å².